The largest absolute Gasteiger partial charge is 0.465 e. The fourth-order valence-electron chi connectivity index (χ4n) is 3.35. The van der Waals surface area contributed by atoms with Crippen LogP contribution in [0.15, 0.2) is 59.6 Å². The molecule has 0 radical (unpaired) electrons. The third-order valence-corrected chi connectivity index (χ3v) is 6.91. The van der Waals surface area contributed by atoms with Crippen molar-refractivity contribution in [3.8, 4) is 5.75 Å². The number of ether oxygens (including phenoxy) is 3. The third-order valence-electron chi connectivity index (χ3n) is 4.93. The van der Waals surface area contributed by atoms with Crippen LogP contribution in [0.4, 0.5) is 10.2 Å². The molecule has 12 nitrogen and oxygen atoms in total. The number of carbonyl (C=O) groups is 1. The molecule has 1 N–H and O–H groups in total. The van der Waals surface area contributed by atoms with E-state index in [0.717, 1.165) is 6.08 Å². The summed E-state index contributed by atoms with van der Waals surface area (Å²) < 4.78 is 55.5. The van der Waals surface area contributed by atoms with Gasteiger partial charge in [-0.05, 0) is 35.0 Å². The average Bonchev–Trinajstić information content (AvgIpc) is 3.46. The Morgan fingerprint density at radius 3 is 2.83 bits per heavy atom. The number of benzene rings is 1. The van der Waals surface area contributed by atoms with Gasteiger partial charge in [0.25, 0.3) is 0 Å². The number of halogens is 1. The molecule has 0 unspecified atom stereocenters. The SMILES string of the molecule is CCOC(=O)[C@H](C)N[P@](=O)(CO[C@@H]1C=C(F)[C@H](n2cnc3c(N=P)ncnc32)O1)Oc1ccccc1. The zero-order valence-electron chi connectivity index (χ0n) is 19.3. The minimum Gasteiger partial charge on any atom is -0.465 e. The standard InChI is InChI=1S/C21H23FN6O6P2/c1-3-31-21(29)13(2)27-36(30,34-14-7-5-4-6-8-14)12-32-16-9-15(22)20(33-16)28-11-25-17-18(26-35)23-10-24-19(17)28/h4-11,13,16,20,35H,3,12H2,1-2H3,(H,27,30)/t13-,16-,20+,36-/m0/s1. The summed E-state index contributed by atoms with van der Waals surface area (Å²) in [7, 11) is -0.822. The molecule has 36 heavy (non-hydrogen) atoms. The van der Waals surface area contributed by atoms with E-state index in [9.17, 15) is 13.8 Å². The van der Waals surface area contributed by atoms with Crippen molar-refractivity contribution in [1.29, 1.82) is 0 Å². The van der Waals surface area contributed by atoms with Crippen molar-refractivity contribution < 1.29 is 32.5 Å². The number of nitrogens with zero attached hydrogens (tertiary/aromatic N) is 5. The van der Waals surface area contributed by atoms with Crippen molar-refractivity contribution in [3.05, 3.63) is 54.9 Å². The Balaban J connectivity index is 1.48. The summed E-state index contributed by atoms with van der Waals surface area (Å²) in [4.78, 5) is 24.4. The molecular formula is C21H23FN6O6P2. The lowest BCUT2D eigenvalue weighted by atomic mass is 10.3. The number of imidazole rings is 1. The molecule has 0 spiro atoms. The predicted octanol–water partition coefficient (Wildman–Crippen LogP) is 4.28. The van der Waals surface area contributed by atoms with Gasteiger partial charge in [0.05, 0.1) is 12.9 Å². The molecule has 15 heteroatoms. The second-order valence-corrected chi connectivity index (χ2v) is 9.79. The first-order valence-corrected chi connectivity index (χ1v) is 13.1. The maximum atomic E-state index is 14.8. The highest BCUT2D eigenvalue weighted by atomic mass is 31.2. The number of fused-ring (bicyclic) bond motifs is 1. The van der Waals surface area contributed by atoms with Crippen LogP contribution in [0.5, 0.6) is 5.75 Å². The van der Waals surface area contributed by atoms with Crippen molar-refractivity contribution in [3.63, 3.8) is 0 Å². The van der Waals surface area contributed by atoms with Gasteiger partial charge in [-0.2, -0.15) is 0 Å². The van der Waals surface area contributed by atoms with Gasteiger partial charge in [0.1, 0.15) is 18.1 Å². The quantitative estimate of drug-likeness (QED) is 0.279. The summed E-state index contributed by atoms with van der Waals surface area (Å²) in [5, 5.41) is 2.65. The molecule has 0 saturated heterocycles. The number of hydrogen-bond donors (Lipinski definition) is 1. The molecular weight excluding hydrogens is 513 g/mol. The molecule has 1 aliphatic heterocycles. The van der Waals surface area contributed by atoms with Crippen LogP contribution in [0.25, 0.3) is 11.2 Å². The fourth-order valence-corrected chi connectivity index (χ4v) is 5.20. The van der Waals surface area contributed by atoms with Crippen LogP contribution in [0, 0.1) is 0 Å². The zero-order chi connectivity index (χ0) is 25.7. The molecule has 0 fully saturated rings. The van der Waals surface area contributed by atoms with Crippen molar-refractivity contribution in [2.24, 2.45) is 4.74 Å². The lowest BCUT2D eigenvalue weighted by molar-refractivity contribution is -0.144. The fraction of sp³-hybridized carbons (Fsp3) is 0.333. The normalized spacial score (nSPS) is 19.9. The number of aromatic nitrogens is 4. The van der Waals surface area contributed by atoms with Crippen molar-refractivity contribution in [2.75, 3.05) is 13.0 Å². The number of para-hydroxylation sites is 1. The van der Waals surface area contributed by atoms with Crippen LogP contribution in [-0.2, 0) is 23.6 Å². The minimum atomic E-state index is -3.84. The molecule has 2 aromatic heterocycles. The van der Waals surface area contributed by atoms with E-state index in [1.165, 1.54) is 24.1 Å². The van der Waals surface area contributed by atoms with Gasteiger partial charge >= 0.3 is 13.5 Å². The summed E-state index contributed by atoms with van der Waals surface area (Å²) in [6.07, 6.45) is 0.727. The van der Waals surface area contributed by atoms with Gasteiger partial charge in [0.2, 0.25) is 0 Å². The van der Waals surface area contributed by atoms with E-state index < -0.39 is 44.2 Å². The second kappa shape index (κ2) is 11.3. The molecule has 1 aliphatic rings. The van der Waals surface area contributed by atoms with Crippen LogP contribution >= 0.6 is 16.6 Å². The van der Waals surface area contributed by atoms with Crippen molar-refractivity contribution in [2.45, 2.75) is 32.4 Å². The maximum absolute atomic E-state index is 14.8. The Labute approximate surface area is 207 Å². The number of rotatable bonds is 11. The highest BCUT2D eigenvalue weighted by Crippen LogP contribution is 2.45. The van der Waals surface area contributed by atoms with Crippen LogP contribution in [-0.4, -0.2) is 50.8 Å². The lowest BCUT2D eigenvalue weighted by Crippen LogP contribution is -2.36. The number of nitrogens with one attached hydrogen (secondary N) is 1. The molecule has 3 heterocycles. The summed E-state index contributed by atoms with van der Waals surface area (Å²) in [5.74, 6) is -0.717. The van der Waals surface area contributed by atoms with E-state index in [1.807, 2.05) is 0 Å². The smallest absolute Gasteiger partial charge is 0.342 e. The van der Waals surface area contributed by atoms with Gasteiger partial charge < -0.3 is 18.7 Å². The molecule has 0 bridgehead atoms. The number of esters is 1. The van der Waals surface area contributed by atoms with E-state index in [-0.39, 0.29) is 18.2 Å². The van der Waals surface area contributed by atoms with Gasteiger partial charge in [0.15, 0.2) is 41.7 Å². The molecule has 0 amide bonds. The highest BCUT2D eigenvalue weighted by Gasteiger charge is 2.36. The van der Waals surface area contributed by atoms with Gasteiger partial charge in [-0.3, -0.25) is 13.9 Å². The first-order valence-electron chi connectivity index (χ1n) is 10.8. The van der Waals surface area contributed by atoms with Crippen LogP contribution in [0.1, 0.15) is 20.1 Å². The van der Waals surface area contributed by atoms with E-state index in [0.29, 0.717) is 11.2 Å². The van der Waals surface area contributed by atoms with E-state index >= 15 is 0 Å². The molecule has 4 atom stereocenters. The van der Waals surface area contributed by atoms with E-state index in [1.54, 1.807) is 37.3 Å². The first kappa shape index (κ1) is 26.0. The van der Waals surface area contributed by atoms with Crippen molar-refractivity contribution >= 4 is 39.5 Å². The minimum absolute atomic E-state index is 0.158. The summed E-state index contributed by atoms with van der Waals surface area (Å²) in [5.41, 5.74) is 0.630. The molecule has 0 aliphatic carbocycles. The van der Waals surface area contributed by atoms with E-state index in [2.05, 4.69) is 33.8 Å². The Hall–Kier alpha value is -3.08. The van der Waals surface area contributed by atoms with Gasteiger partial charge in [-0.15, -0.1) is 0 Å². The molecule has 190 valence electrons. The Bertz CT molecular complexity index is 1320. The van der Waals surface area contributed by atoms with Gasteiger partial charge in [-0.1, -0.05) is 18.2 Å². The molecule has 3 aromatic rings. The van der Waals surface area contributed by atoms with Crippen LogP contribution in [0.3, 0.4) is 0 Å². The van der Waals surface area contributed by atoms with Crippen molar-refractivity contribution in [1.82, 2.24) is 24.6 Å². The Morgan fingerprint density at radius 1 is 1.33 bits per heavy atom. The van der Waals surface area contributed by atoms with Gasteiger partial charge in [-0.25, -0.2) is 29.2 Å². The Morgan fingerprint density at radius 2 is 2.11 bits per heavy atom. The average molecular weight is 536 g/mol. The van der Waals surface area contributed by atoms with Crippen LogP contribution < -0.4 is 9.61 Å². The van der Waals surface area contributed by atoms with Gasteiger partial charge in [0, 0.05) is 6.08 Å². The Kier molecular flexibility index (Phi) is 8.17. The summed E-state index contributed by atoms with van der Waals surface area (Å²) in [6.45, 7) is 3.30. The number of carbonyl (C=O) groups excluding carboxylic acids is 1. The van der Waals surface area contributed by atoms with E-state index in [4.69, 9.17) is 18.7 Å². The zero-order valence-corrected chi connectivity index (χ0v) is 21.2. The number of hydrogen-bond acceptors (Lipinski definition) is 10. The third kappa shape index (κ3) is 5.83. The molecule has 0 saturated carbocycles. The molecule has 4 rings (SSSR count). The predicted molar refractivity (Wildman–Crippen MR) is 129 cm³/mol. The lowest BCUT2D eigenvalue weighted by Gasteiger charge is -2.24. The summed E-state index contributed by atoms with van der Waals surface area (Å²) >= 11 is 0. The first-order chi connectivity index (χ1) is 17.3. The topological polar surface area (TPSA) is 139 Å². The monoisotopic (exact) mass is 536 g/mol. The second-order valence-electron chi connectivity index (χ2n) is 7.52. The maximum Gasteiger partial charge on any atom is 0.342 e. The molecule has 1 aromatic carbocycles. The van der Waals surface area contributed by atoms with Crippen LogP contribution in [0.2, 0.25) is 0 Å². The summed E-state index contributed by atoms with van der Waals surface area (Å²) in [6, 6.07) is 7.41. The highest BCUT2D eigenvalue weighted by molar-refractivity contribution is 7.57.